The highest BCUT2D eigenvalue weighted by Crippen LogP contribution is 2.42. The van der Waals surface area contributed by atoms with E-state index in [9.17, 15) is 9.59 Å². The first kappa shape index (κ1) is 25.3. The van der Waals surface area contributed by atoms with Crippen LogP contribution in [-0.2, 0) is 19.1 Å². The molecule has 2 amide bonds. The SMILES string of the molecule is CC(C)OCCCNC(=O)CN1C(=O)/C(=C/c2ccccc2)OC2CCC(C(C)(C)C)CC21. The van der Waals surface area contributed by atoms with Crippen LogP contribution in [0.25, 0.3) is 6.08 Å². The van der Waals surface area contributed by atoms with Gasteiger partial charge in [-0.1, -0.05) is 51.1 Å². The Kier molecular flexibility index (Phi) is 8.57. The number of morpholine rings is 1. The third-order valence-electron chi connectivity index (χ3n) is 6.64. The number of carbonyl (C=O) groups excluding carboxylic acids is 2. The summed E-state index contributed by atoms with van der Waals surface area (Å²) in [6.07, 6.45) is 5.45. The molecule has 1 saturated carbocycles. The number of ether oxygens (including phenoxy) is 2. The molecular weight excluding hydrogens is 416 g/mol. The summed E-state index contributed by atoms with van der Waals surface area (Å²) < 4.78 is 11.8. The molecule has 182 valence electrons. The smallest absolute Gasteiger partial charge is 0.289 e. The van der Waals surface area contributed by atoms with Gasteiger partial charge in [0.15, 0.2) is 5.76 Å². The van der Waals surface area contributed by atoms with E-state index in [1.165, 1.54) is 0 Å². The van der Waals surface area contributed by atoms with E-state index >= 15 is 0 Å². The van der Waals surface area contributed by atoms with Crippen LogP contribution in [0.2, 0.25) is 0 Å². The highest BCUT2D eigenvalue weighted by Gasteiger charge is 2.46. The molecule has 1 saturated heterocycles. The molecule has 1 aliphatic heterocycles. The molecule has 0 aromatic heterocycles. The number of nitrogens with zero attached hydrogens (tertiary/aromatic N) is 1. The largest absolute Gasteiger partial charge is 0.482 e. The van der Waals surface area contributed by atoms with E-state index in [0.29, 0.717) is 24.8 Å². The number of nitrogens with one attached hydrogen (secondary N) is 1. The summed E-state index contributed by atoms with van der Waals surface area (Å²) in [6, 6.07) is 9.62. The lowest BCUT2D eigenvalue weighted by Crippen LogP contribution is -2.58. The Balaban J connectivity index is 1.73. The Hall–Kier alpha value is -2.34. The third-order valence-corrected chi connectivity index (χ3v) is 6.64. The van der Waals surface area contributed by atoms with Gasteiger partial charge in [-0.25, -0.2) is 0 Å². The minimum Gasteiger partial charge on any atom is -0.482 e. The average molecular weight is 457 g/mol. The molecule has 33 heavy (non-hydrogen) atoms. The van der Waals surface area contributed by atoms with E-state index in [0.717, 1.165) is 31.2 Å². The van der Waals surface area contributed by atoms with E-state index < -0.39 is 0 Å². The first-order chi connectivity index (χ1) is 15.6. The summed E-state index contributed by atoms with van der Waals surface area (Å²) in [6.45, 7) is 11.9. The molecule has 0 bridgehead atoms. The van der Waals surface area contributed by atoms with Crippen LogP contribution < -0.4 is 5.32 Å². The minimum absolute atomic E-state index is 0.0530. The van der Waals surface area contributed by atoms with Crippen molar-refractivity contribution in [3.8, 4) is 0 Å². The lowest BCUT2D eigenvalue weighted by Gasteiger charge is -2.48. The fraction of sp³-hybridized carbons (Fsp3) is 0.630. The van der Waals surface area contributed by atoms with Gasteiger partial charge in [-0.2, -0.15) is 0 Å². The molecule has 3 unspecified atom stereocenters. The second kappa shape index (κ2) is 11.2. The number of hydrogen-bond donors (Lipinski definition) is 1. The second-order valence-electron chi connectivity index (χ2n) is 10.6. The summed E-state index contributed by atoms with van der Waals surface area (Å²) in [7, 11) is 0. The Morgan fingerprint density at radius 1 is 1.24 bits per heavy atom. The normalized spacial score (nSPS) is 24.5. The van der Waals surface area contributed by atoms with Gasteiger partial charge < -0.3 is 19.7 Å². The van der Waals surface area contributed by atoms with Crippen LogP contribution in [-0.4, -0.2) is 54.7 Å². The van der Waals surface area contributed by atoms with Gasteiger partial charge in [0.2, 0.25) is 5.91 Å². The minimum atomic E-state index is -0.201. The predicted octanol–water partition coefficient (Wildman–Crippen LogP) is 4.40. The Morgan fingerprint density at radius 3 is 2.64 bits per heavy atom. The van der Waals surface area contributed by atoms with Gasteiger partial charge in [0.05, 0.1) is 12.1 Å². The van der Waals surface area contributed by atoms with Crippen molar-refractivity contribution < 1.29 is 19.1 Å². The van der Waals surface area contributed by atoms with Gasteiger partial charge in [-0.3, -0.25) is 9.59 Å². The second-order valence-corrected chi connectivity index (χ2v) is 10.6. The van der Waals surface area contributed by atoms with Crippen LogP contribution in [0.3, 0.4) is 0 Å². The molecule has 2 fully saturated rings. The monoisotopic (exact) mass is 456 g/mol. The molecule has 6 nitrogen and oxygen atoms in total. The van der Waals surface area contributed by atoms with Crippen molar-refractivity contribution in [2.45, 2.75) is 78.6 Å². The summed E-state index contributed by atoms with van der Waals surface area (Å²) in [5, 5.41) is 2.95. The molecule has 1 N–H and O–H groups in total. The zero-order chi connectivity index (χ0) is 24.0. The van der Waals surface area contributed by atoms with Crippen LogP contribution in [0.4, 0.5) is 0 Å². The molecule has 0 spiro atoms. The Bertz CT molecular complexity index is 828. The molecule has 1 heterocycles. The van der Waals surface area contributed by atoms with Crippen molar-refractivity contribution in [2.75, 3.05) is 19.7 Å². The van der Waals surface area contributed by atoms with E-state index in [1.54, 1.807) is 11.0 Å². The summed E-state index contributed by atoms with van der Waals surface area (Å²) in [4.78, 5) is 28.0. The fourth-order valence-electron chi connectivity index (χ4n) is 4.69. The van der Waals surface area contributed by atoms with Crippen molar-refractivity contribution >= 4 is 17.9 Å². The summed E-state index contributed by atoms with van der Waals surface area (Å²) in [5.74, 6) is 0.474. The van der Waals surface area contributed by atoms with Crippen molar-refractivity contribution in [1.82, 2.24) is 10.2 Å². The summed E-state index contributed by atoms with van der Waals surface area (Å²) >= 11 is 0. The van der Waals surface area contributed by atoms with Crippen LogP contribution in [0.1, 0.15) is 65.9 Å². The summed E-state index contributed by atoms with van der Waals surface area (Å²) in [5.41, 5.74) is 1.07. The maximum absolute atomic E-state index is 13.5. The van der Waals surface area contributed by atoms with Gasteiger partial charge in [0, 0.05) is 13.2 Å². The molecule has 1 aromatic carbocycles. The maximum atomic E-state index is 13.5. The number of rotatable bonds is 8. The zero-order valence-electron chi connectivity index (χ0n) is 20.8. The molecule has 0 radical (unpaired) electrons. The lowest BCUT2D eigenvalue weighted by molar-refractivity contribution is -0.154. The van der Waals surface area contributed by atoms with Crippen molar-refractivity contribution in [3.05, 3.63) is 41.7 Å². The zero-order valence-corrected chi connectivity index (χ0v) is 20.8. The van der Waals surface area contributed by atoms with Gasteiger partial charge in [0.1, 0.15) is 12.6 Å². The molecule has 3 rings (SSSR count). The van der Waals surface area contributed by atoms with E-state index in [4.69, 9.17) is 9.47 Å². The third kappa shape index (κ3) is 7.07. The van der Waals surface area contributed by atoms with Gasteiger partial charge in [-0.15, -0.1) is 0 Å². The van der Waals surface area contributed by atoms with Crippen LogP contribution in [0, 0.1) is 11.3 Å². The quantitative estimate of drug-likeness (QED) is 0.465. The number of carbonyl (C=O) groups is 2. The van der Waals surface area contributed by atoms with Crippen LogP contribution in [0.15, 0.2) is 36.1 Å². The molecule has 6 heteroatoms. The van der Waals surface area contributed by atoms with Crippen LogP contribution in [0.5, 0.6) is 0 Å². The van der Waals surface area contributed by atoms with Crippen molar-refractivity contribution in [1.29, 1.82) is 0 Å². The number of fused-ring (bicyclic) bond motifs is 1. The van der Waals surface area contributed by atoms with Crippen molar-refractivity contribution in [3.63, 3.8) is 0 Å². The fourth-order valence-corrected chi connectivity index (χ4v) is 4.69. The van der Waals surface area contributed by atoms with Crippen molar-refractivity contribution in [2.24, 2.45) is 11.3 Å². The number of hydrogen-bond acceptors (Lipinski definition) is 4. The predicted molar refractivity (Wildman–Crippen MR) is 130 cm³/mol. The van der Waals surface area contributed by atoms with Gasteiger partial charge >= 0.3 is 0 Å². The lowest BCUT2D eigenvalue weighted by atomic mass is 9.69. The highest BCUT2D eigenvalue weighted by atomic mass is 16.5. The highest BCUT2D eigenvalue weighted by molar-refractivity contribution is 5.98. The van der Waals surface area contributed by atoms with E-state index in [1.807, 2.05) is 44.2 Å². The average Bonchev–Trinajstić information content (AvgIpc) is 2.76. The number of benzene rings is 1. The Labute approximate surface area is 198 Å². The molecule has 3 atom stereocenters. The molecule has 1 aromatic rings. The van der Waals surface area contributed by atoms with Gasteiger partial charge in [0.25, 0.3) is 5.91 Å². The van der Waals surface area contributed by atoms with E-state index in [2.05, 4.69) is 26.1 Å². The standard InChI is InChI=1S/C27H40N2O4/c1-19(2)32-15-9-14-28-25(30)18-29-22-17-21(27(3,4)5)12-13-23(22)33-24(26(29)31)16-20-10-7-6-8-11-20/h6-8,10-11,16,19,21-23H,9,12-15,17-18H2,1-5H3,(H,28,30)/b24-16-. The first-order valence-electron chi connectivity index (χ1n) is 12.3. The van der Waals surface area contributed by atoms with Crippen LogP contribution >= 0.6 is 0 Å². The first-order valence-corrected chi connectivity index (χ1v) is 12.3. The van der Waals surface area contributed by atoms with Gasteiger partial charge in [-0.05, 0) is 62.5 Å². The number of amides is 2. The topological polar surface area (TPSA) is 67.9 Å². The molecule has 2 aliphatic rings. The maximum Gasteiger partial charge on any atom is 0.289 e. The molecule has 1 aliphatic carbocycles. The molecular formula is C27H40N2O4. The van der Waals surface area contributed by atoms with E-state index in [-0.39, 0.29) is 42.0 Å². The Morgan fingerprint density at radius 2 is 1.97 bits per heavy atom.